The summed E-state index contributed by atoms with van der Waals surface area (Å²) in [7, 11) is -3.63. The molecular weight excluding hydrogens is 306 g/mol. The highest BCUT2D eigenvalue weighted by molar-refractivity contribution is 7.99. The fourth-order valence-electron chi connectivity index (χ4n) is 1.33. The molecule has 0 radical (unpaired) electrons. The molecule has 0 fully saturated rings. The van der Waals surface area contributed by atoms with Crippen LogP contribution in [-0.4, -0.2) is 37.5 Å². The number of aromatic carboxylic acids is 1. The number of carboxylic acids is 1. The molecule has 0 aliphatic carbocycles. The number of thiophene rings is 1. The molecule has 1 rings (SSSR count). The van der Waals surface area contributed by atoms with E-state index in [1.54, 1.807) is 24.8 Å². The molecule has 0 saturated heterocycles. The molecule has 1 aromatic heterocycles. The first-order valence-corrected chi connectivity index (χ1v) is 8.86. The minimum absolute atomic E-state index is 0.0268. The van der Waals surface area contributed by atoms with Crippen LogP contribution < -0.4 is 4.72 Å². The Balaban J connectivity index is 2.72. The predicted octanol–water partition coefficient (Wildman–Crippen LogP) is 1.95. The summed E-state index contributed by atoms with van der Waals surface area (Å²) in [5.74, 6) is 0.291. The molecule has 8 heteroatoms. The van der Waals surface area contributed by atoms with E-state index in [2.05, 4.69) is 11.3 Å². The van der Waals surface area contributed by atoms with Crippen molar-refractivity contribution in [1.29, 1.82) is 0 Å². The van der Waals surface area contributed by atoms with Crippen molar-refractivity contribution < 1.29 is 18.3 Å². The molecule has 1 aromatic rings. The molecule has 0 aliphatic rings. The zero-order valence-corrected chi connectivity index (χ0v) is 12.8. The summed E-state index contributed by atoms with van der Waals surface area (Å²) >= 11 is 2.53. The van der Waals surface area contributed by atoms with Crippen LogP contribution in [0, 0.1) is 6.92 Å². The third kappa shape index (κ3) is 4.64. The zero-order chi connectivity index (χ0) is 14.5. The lowest BCUT2D eigenvalue weighted by Gasteiger charge is -2.05. The third-order valence-electron chi connectivity index (χ3n) is 2.15. The van der Waals surface area contributed by atoms with E-state index in [1.807, 2.05) is 0 Å². The summed E-state index contributed by atoms with van der Waals surface area (Å²) in [5, 5.41) is 8.84. The predicted molar refractivity (Wildman–Crippen MR) is 78.7 cm³/mol. The number of carboxylic acid groups (broad SMARTS) is 1. The minimum atomic E-state index is -3.63. The lowest BCUT2D eigenvalue weighted by molar-refractivity contribution is 0.0702. The first kappa shape index (κ1) is 16.2. The van der Waals surface area contributed by atoms with Crippen molar-refractivity contribution in [1.82, 2.24) is 4.72 Å². The highest BCUT2D eigenvalue weighted by Gasteiger charge is 2.21. The molecule has 0 saturated carbocycles. The van der Waals surface area contributed by atoms with Crippen LogP contribution >= 0.6 is 23.1 Å². The Morgan fingerprint density at radius 2 is 2.32 bits per heavy atom. The number of thioether (sulfide) groups is 1. The Kier molecular flexibility index (Phi) is 6.05. The normalized spacial score (nSPS) is 11.4. The molecule has 0 atom stereocenters. The fourth-order valence-corrected chi connectivity index (χ4v) is 4.50. The molecule has 1 heterocycles. The van der Waals surface area contributed by atoms with E-state index in [0.29, 0.717) is 17.2 Å². The number of nitrogens with one attached hydrogen (secondary N) is 1. The van der Waals surface area contributed by atoms with Gasteiger partial charge in [-0.15, -0.1) is 17.9 Å². The largest absolute Gasteiger partial charge is 0.477 e. The van der Waals surface area contributed by atoms with Crippen LogP contribution in [0.15, 0.2) is 23.6 Å². The number of hydrogen-bond donors (Lipinski definition) is 2. The van der Waals surface area contributed by atoms with E-state index in [1.165, 1.54) is 6.07 Å². The molecule has 2 N–H and O–H groups in total. The van der Waals surface area contributed by atoms with Crippen LogP contribution in [0.3, 0.4) is 0 Å². The SMILES string of the molecule is C=CCSCCNS(=O)(=O)c1cc(C(=O)O)sc1C. The zero-order valence-electron chi connectivity index (χ0n) is 10.4. The Morgan fingerprint density at radius 1 is 1.63 bits per heavy atom. The second-order valence-corrected chi connectivity index (χ2v) is 7.74. The van der Waals surface area contributed by atoms with Crippen LogP contribution in [0.4, 0.5) is 0 Å². The minimum Gasteiger partial charge on any atom is -0.477 e. The van der Waals surface area contributed by atoms with Gasteiger partial charge in [0.1, 0.15) is 4.88 Å². The van der Waals surface area contributed by atoms with E-state index in [-0.39, 0.29) is 9.77 Å². The monoisotopic (exact) mass is 321 g/mol. The molecule has 0 amide bonds. The summed E-state index contributed by atoms with van der Waals surface area (Å²) < 4.78 is 26.4. The maximum atomic E-state index is 12.0. The molecule has 19 heavy (non-hydrogen) atoms. The topological polar surface area (TPSA) is 83.5 Å². The van der Waals surface area contributed by atoms with E-state index in [9.17, 15) is 13.2 Å². The molecule has 0 aromatic carbocycles. The summed E-state index contributed by atoms with van der Waals surface area (Å²) in [6.45, 7) is 5.47. The Labute approximate surface area is 120 Å². The first-order valence-electron chi connectivity index (χ1n) is 5.40. The number of aryl methyl sites for hydroxylation is 1. The second-order valence-electron chi connectivity index (χ2n) is 3.60. The summed E-state index contributed by atoms with van der Waals surface area (Å²) in [6.07, 6.45) is 1.75. The molecule has 0 unspecified atom stereocenters. The van der Waals surface area contributed by atoms with Crippen molar-refractivity contribution >= 4 is 39.1 Å². The van der Waals surface area contributed by atoms with Gasteiger partial charge in [0, 0.05) is 22.9 Å². The van der Waals surface area contributed by atoms with Gasteiger partial charge < -0.3 is 5.11 Å². The molecule has 0 aliphatic heterocycles. The van der Waals surface area contributed by atoms with E-state index in [0.717, 1.165) is 17.1 Å². The van der Waals surface area contributed by atoms with Gasteiger partial charge in [-0.25, -0.2) is 17.9 Å². The Bertz CT molecular complexity index is 562. The average molecular weight is 321 g/mol. The lowest BCUT2D eigenvalue weighted by atomic mass is 10.4. The van der Waals surface area contributed by atoms with Gasteiger partial charge in [0.15, 0.2) is 0 Å². The Morgan fingerprint density at radius 3 is 2.84 bits per heavy atom. The average Bonchev–Trinajstić information content (AvgIpc) is 2.72. The van der Waals surface area contributed by atoms with Gasteiger partial charge in [-0.1, -0.05) is 6.08 Å². The molecule has 5 nitrogen and oxygen atoms in total. The van der Waals surface area contributed by atoms with Crippen LogP contribution in [-0.2, 0) is 10.0 Å². The van der Waals surface area contributed by atoms with Gasteiger partial charge in [0.25, 0.3) is 0 Å². The van der Waals surface area contributed by atoms with Crippen molar-refractivity contribution in [3.63, 3.8) is 0 Å². The van der Waals surface area contributed by atoms with Crippen molar-refractivity contribution in [2.75, 3.05) is 18.1 Å². The van der Waals surface area contributed by atoms with Crippen molar-refractivity contribution in [2.45, 2.75) is 11.8 Å². The maximum absolute atomic E-state index is 12.0. The van der Waals surface area contributed by atoms with Crippen molar-refractivity contribution in [3.05, 3.63) is 28.5 Å². The molecule has 0 bridgehead atoms. The van der Waals surface area contributed by atoms with Crippen molar-refractivity contribution in [3.8, 4) is 0 Å². The summed E-state index contributed by atoms with van der Waals surface area (Å²) in [5.41, 5.74) is 0. The highest BCUT2D eigenvalue weighted by Crippen LogP contribution is 2.25. The van der Waals surface area contributed by atoms with E-state index >= 15 is 0 Å². The third-order valence-corrected chi connectivity index (χ3v) is 5.87. The number of carbonyl (C=O) groups is 1. The molecule has 0 spiro atoms. The molecular formula is C11H15NO4S3. The van der Waals surface area contributed by atoms with Crippen LogP contribution in [0.1, 0.15) is 14.5 Å². The summed E-state index contributed by atoms with van der Waals surface area (Å²) in [4.78, 5) is 11.4. The van der Waals surface area contributed by atoms with Crippen LogP contribution in [0.2, 0.25) is 0 Å². The number of hydrogen-bond acceptors (Lipinski definition) is 5. The van der Waals surface area contributed by atoms with Gasteiger partial charge in [0.05, 0.1) is 4.90 Å². The van der Waals surface area contributed by atoms with Gasteiger partial charge in [-0.2, -0.15) is 11.8 Å². The maximum Gasteiger partial charge on any atom is 0.345 e. The van der Waals surface area contributed by atoms with E-state index < -0.39 is 16.0 Å². The van der Waals surface area contributed by atoms with Gasteiger partial charge in [-0.3, -0.25) is 0 Å². The fraction of sp³-hybridized carbons (Fsp3) is 0.364. The van der Waals surface area contributed by atoms with Gasteiger partial charge >= 0.3 is 5.97 Å². The standard InChI is InChI=1S/C11H15NO4S3/c1-3-5-17-6-4-12-19(15,16)10-7-9(11(13)14)18-8(10)2/h3,7,12H,1,4-6H2,2H3,(H,13,14). The number of rotatable bonds is 8. The van der Waals surface area contributed by atoms with E-state index in [4.69, 9.17) is 5.11 Å². The lowest BCUT2D eigenvalue weighted by Crippen LogP contribution is -2.26. The second kappa shape index (κ2) is 7.09. The summed E-state index contributed by atoms with van der Waals surface area (Å²) in [6, 6.07) is 1.20. The smallest absolute Gasteiger partial charge is 0.345 e. The Hall–Kier alpha value is -0.830. The van der Waals surface area contributed by atoms with Crippen molar-refractivity contribution in [2.24, 2.45) is 0 Å². The van der Waals surface area contributed by atoms with Crippen LogP contribution in [0.25, 0.3) is 0 Å². The van der Waals surface area contributed by atoms with Gasteiger partial charge in [-0.05, 0) is 13.0 Å². The van der Waals surface area contributed by atoms with Gasteiger partial charge in [0.2, 0.25) is 10.0 Å². The highest BCUT2D eigenvalue weighted by atomic mass is 32.2. The molecule has 106 valence electrons. The quantitative estimate of drug-likeness (QED) is 0.565. The first-order chi connectivity index (χ1) is 8.88. The number of sulfonamides is 1. The van der Waals surface area contributed by atoms with Crippen LogP contribution in [0.5, 0.6) is 0 Å².